The van der Waals surface area contributed by atoms with Gasteiger partial charge in [-0.2, -0.15) is 11.8 Å². The van der Waals surface area contributed by atoms with Crippen LogP contribution < -0.4 is 16.4 Å². The van der Waals surface area contributed by atoms with Crippen LogP contribution in [-0.2, 0) is 14.4 Å². The highest BCUT2D eigenvalue weighted by atomic mass is 32.2. The number of aliphatic carboxylic acids is 1. The average molecular weight is 319 g/mol. The van der Waals surface area contributed by atoms with Crippen LogP contribution in [0.15, 0.2) is 0 Å². The van der Waals surface area contributed by atoms with Crippen molar-refractivity contribution in [3.8, 4) is 0 Å². The van der Waals surface area contributed by atoms with Crippen LogP contribution in [-0.4, -0.2) is 53.0 Å². The first kappa shape index (κ1) is 19.7. The first-order chi connectivity index (χ1) is 9.70. The second-order valence-electron chi connectivity index (χ2n) is 5.18. The molecule has 0 heterocycles. The maximum Gasteiger partial charge on any atom is 0.325 e. The van der Waals surface area contributed by atoms with Crippen molar-refractivity contribution in [2.24, 2.45) is 11.7 Å². The zero-order valence-corrected chi connectivity index (χ0v) is 13.7. The summed E-state index contributed by atoms with van der Waals surface area (Å²) >= 11 is 1.54. The average Bonchev–Trinajstić information content (AvgIpc) is 2.41. The van der Waals surface area contributed by atoms with E-state index in [1.807, 2.05) is 20.1 Å². The molecule has 0 spiro atoms. The van der Waals surface area contributed by atoms with Crippen LogP contribution in [0.5, 0.6) is 0 Å². The van der Waals surface area contributed by atoms with Gasteiger partial charge in [0.1, 0.15) is 12.1 Å². The number of rotatable bonds is 9. The minimum Gasteiger partial charge on any atom is -0.480 e. The molecule has 0 aromatic carbocycles. The summed E-state index contributed by atoms with van der Waals surface area (Å²) < 4.78 is 0. The lowest BCUT2D eigenvalue weighted by atomic mass is 10.0. The highest BCUT2D eigenvalue weighted by Crippen LogP contribution is 2.04. The fourth-order valence-electron chi connectivity index (χ4n) is 1.45. The maximum absolute atomic E-state index is 12.1. The monoisotopic (exact) mass is 319 g/mol. The summed E-state index contributed by atoms with van der Waals surface area (Å²) in [6, 6.07) is -2.49. The van der Waals surface area contributed by atoms with E-state index in [-0.39, 0.29) is 5.92 Å². The molecule has 0 fully saturated rings. The first-order valence-corrected chi connectivity index (χ1v) is 8.18. The third kappa shape index (κ3) is 7.33. The fraction of sp³-hybridized carbons (Fsp3) is 0.769. The van der Waals surface area contributed by atoms with Crippen LogP contribution >= 0.6 is 11.8 Å². The molecule has 0 radical (unpaired) electrons. The van der Waals surface area contributed by atoms with Gasteiger partial charge in [0.2, 0.25) is 11.8 Å². The van der Waals surface area contributed by atoms with Crippen molar-refractivity contribution in [2.75, 3.05) is 12.0 Å². The Morgan fingerprint density at radius 3 is 2.14 bits per heavy atom. The van der Waals surface area contributed by atoms with Crippen LogP contribution in [0.1, 0.15) is 27.2 Å². The molecule has 2 amide bonds. The van der Waals surface area contributed by atoms with Crippen LogP contribution in [0.25, 0.3) is 0 Å². The summed E-state index contributed by atoms with van der Waals surface area (Å²) in [5.41, 5.74) is 5.74. The predicted octanol–water partition coefficient (Wildman–Crippen LogP) is -0.203. The van der Waals surface area contributed by atoms with Gasteiger partial charge in [0, 0.05) is 0 Å². The van der Waals surface area contributed by atoms with Crippen molar-refractivity contribution in [1.82, 2.24) is 10.6 Å². The SMILES string of the molecule is CSCC[C@H](NC(=O)[C@@H](N)C(C)C)C(=O)N[C@@H](C)C(=O)O. The minimum atomic E-state index is -1.13. The number of thioether (sulfide) groups is 1. The Kier molecular flexibility index (Phi) is 9.03. The Morgan fingerprint density at radius 1 is 1.14 bits per heavy atom. The van der Waals surface area contributed by atoms with E-state index in [2.05, 4.69) is 10.6 Å². The largest absolute Gasteiger partial charge is 0.480 e. The summed E-state index contributed by atoms with van der Waals surface area (Å²) in [5, 5.41) is 13.8. The lowest BCUT2D eigenvalue weighted by Crippen LogP contribution is -2.55. The van der Waals surface area contributed by atoms with Crippen molar-refractivity contribution >= 4 is 29.5 Å². The van der Waals surface area contributed by atoms with Gasteiger partial charge in [-0.3, -0.25) is 14.4 Å². The number of hydrogen-bond acceptors (Lipinski definition) is 5. The molecule has 3 atom stereocenters. The number of carbonyl (C=O) groups excluding carboxylic acids is 2. The van der Waals surface area contributed by atoms with Crippen LogP contribution in [0.2, 0.25) is 0 Å². The first-order valence-electron chi connectivity index (χ1n) is 6.78. The molecule has 5 N–H and O–H groups in total. The second kappa shape index (κ2) is 9.62. The highest BCUT2D eigenvalue weighted by Gasteiger charge is 2.26. The lowest BCUT2D eigenvalue weighted by Gasteiger charge is -2.22. The minimum absolute atomic E-state index is 0.0489. The van der Waals surface area contributed by atoms with Gasteiger partial charge in [-0.15, -0.1) is 0 Å². The number of nitrogens with one attached hydrogen (secondary N) is 2. The lowest BCUT2D eigenvalue weighted by molar-refractivity contribution is -0.141. The zero-order chi connectivity index (χ0) is 16.6. The van der Waals surface area contributed by atoms with E-state index in [1.165, 1.54) is 18.7 Å². The van der Waals surface area contributed by atoms with E-state index in [0.29, 0.717) is 12.2 Å². The van der Waals surface area contributed by atoms with Crippen molar-refractivity contribution in [2.45, 2.75) is 45.3 Å². The van der Waals surface area contributed by atoms with Gasteiger partial charge in [-0.05, 0) is 31.3 Å². The molecule has 122 valence electrons. The molecule has 0 saturated heterocycles. The molecule has 0 aromatic rings. The van der Waals surface area contributed by atoms with Crippen molar-refractivity contribution in [3.63, 3.8) is 0 Å². The van der Waals surface area contributed by atoms with Gasteiger partial charge in [0.05, 0.1) is 6.04 Å². The molecule has 0 aromatic heterocycles. The van der Waals surface area contributed by atoms with Crippen molar-refractivity contribution < 1.29 is 19.5 Å². The smallest absolute Gasteiger partial charge is 0.325 e. The Morgan fingerprint density at radius 2 is 1.71 bits per heavy atom. The maximum atomic E-state index is 12.1. The summed E-state index contributed by atoms with van der Waals surface area (Å²) in [5.74, 6) is -1.43. The zero-order valence-electron chi connectivity index (χ0n) is 12.9. The van der Waals surface area contributed by atoms with E-state index in [4.69, 9.17) is 10.8 Å². The summed E-state index contributed by atoms with van der Waals surface area (Å²) in [6.45, 7) is 5.00. The number of carbonyl (C=O) groups is 3. The summed E-state index contributed by atoms with van der Waals surface area (Å²) in [6.07, 6.45) is 2.30. The fourth-order valence-corrected chi connectivity index (χ4v) is 1.92. The Labute approximate surface area is 129 Å². The van der Waals surface area contributed by atoms with Crippen LogP contribution in [0.3, 0.4) is 0 Å². The molecule has 0 aliphatic rings. The van der Waals surface area contributed by atoms with E-state index in [0.717, 1.165) is 0 Å². The third-order valence-electron chi connectivity index (χ3n) is 2.99. The molecule has 0 aliphatic carbocycles. The molecule has 0 aliphatic heterocycles. The van der Waals surface area contributed by atoms with Gasteiger partial charge in [-0.1, -0.05) is 13.8 Å². The van der Waals surface area contributed by atoms with Crippen LogP contribution in [0, 0.1) is 5.92 Å². The Hall–Kier alpha value is -1.28. The van der Waals surface area contributed by atoms with Gasteiger partial charge >= 0.3 is 5.97 Å². The van der Waals surface area contributed by atoms with Crippen LogP contribution in [0.4, 0.5) is 0 Å². The van der Waals surface area contributed by atoms with Crippen molar-refractivity contribution in [3.05, 3.63) is 0 Å². The quantitative estimate of drug-likeness (QED) is 0.467. The molecule has 0 saturated carbocycles. The Balaban J connectivity index is 4.74. The third-order valence-corrected chi connectivity index (χ3v) is 3.64. The van der Waals surface area contributed by atoms with Gasteiger partial charge in [0.15, 0.2) is 0 Å². The Bertz CT molecular complexity index is 376. The second-order valence-corrected chi connectivity index (χ2v) is 6.17. The standard InChI is InChI=1S/C13H25N3O4S/c1-7(2)10(14)12(18)16-9(5-6-21-4)11(17)15-8(3)13(19)20/h7-10H,5-6,14H2,1-4H3,(H,15,17)(H,16,18)(H,19,20)/t8-,9-,10-/m0/s1. The molecular weight excluding hydrogens is 294 g/mol. The number of amides is 2. The summed E-state index contributed by atoms with van der Waals surface area (Å²) in [4.78, 5) is 34.8. The molecule has 8 heteroatoms. The summed E-state index contributed by atoms with van der Waals surface area (Å²) in [7, 11) is 0. The van der Waals surface area contributed by atoms with Crippen molar-refractivity contribution in [1.29, 1.82) is 0 Å². The van der Waals surface area contributed by atoms with E-state index < -0.39 is 35.9 Å². The molecular formula is C13H25N3O4S. The molecule has 0 rings (SSSR count). The molecule has 0 bridgehead atoms. The van der Waals surface area contributed by atoms with E-state index >= 15 is 0 Å². The van der Waals surface area contributed by atoms with E-state index in [1.54, 1.807) is 0 Å². The topological polar surface area (TPSA) is 122 Å². The molecule has 21 heavy (non-hydrogen) atoms. The number of carboxylic acid groups (broad SMARTS) is 1. The van der Waals surface area contributed by atoms with Gasteiger partial charge in [-0.25, -0.2) is 0 Å². The van der Waals surface area contributed by atoms with E-state index in [9.17, 15) is 14.4 Å². The highest BCUT2D eigenvalue weighted by molar-refractivity contribution is 7.98. The number of hydrogen-bond donors (Lipinski definition) is 4. The molecule has 7 nitrogen and oxygen atoms in total. The normalized spacial score (nSPS) is 15.1. The number of carboxylic acids is 1. The number of nitrogens with two attached hydrogens (primary N) is 1. The molecule has 0 unspecified atom stereocenters. The van der Waals surface area contributed by atoms with Gasteiger partial charge < -0.3 is 21.5 Å². The van der Waals surface area contributed by atoms with Gasteiger partial charge in [0.25, 0.3) is 0 Å². The predicted molar refractivity (Wildman–Crippen MR) is 83.0 cm³/mol.